The summed E-state index contributed by atoms with van der Waals surface area (Å²) in [5.74, 6) is 0.932. The van der Waals surface area contributed by atoms with Gasteiger partial charge in [0.05, 0.1) is 12.1 Å². The zero-order chi connectivity index (χ0) is 14.2. The number of hydrogen-bond donors (Lipinski definition) is 1. The first-order valence-electron chi connectivity index (χ1n) is 8.25. The molecular formula is C18H29NO. The second kappa shape index (κ2) is 8.43. The molecule has 1 aromatic carbocycles. The monoisotopic (exact) mass is 275 g/mol. The summed E-state index contributed by atoms with van der Waals surface area (Å²) in [4.78, 5) is 0. The number of nitrogens with one attached hydrogen (secondary N) is 1. The van der Waals surface area contributed by atoms with Crippen molar-refractivity contribution in [3.05, 3.63) is 35.9 Å². The van der Waals surface area contributed by atoms with Gasteiger partial charge >= 0.3 is 0 Å². The van der Waals surface area contributed by atoms with Crippen molar-refractivity contribution >= 4 is 0 Å². The fraction of sp³-hybridized carbons (Fsp3) is 0.667. The van der Waals surface area contributed by atoms with E-state index < -0.39 is 0 Å². The lowest BCUT2D eigenvalue weighted by molar-refractivity contribution is 0.0118. The Kier molecular flexibility index (Phi) is 6.55. The molecule has 2 nitrogen and oxygen atoms in total. The van der Waals surface area contributed by atoms with E-state index in [2.05, 4.69) is 49.5 Å². The third kappa shape index (κ3) is 4.32. The maximum Gasteiger partial charge on any atom is 0.0767 e. The van der Waals surface area contributed by atoms with Gasteiger partial charge in [0.25, 0.3) is 0 Å². The van der Waals surface area contributed by atoms with Crippen molar-refractivity contribution in [2.75, 3.05) is 13.2 Å². The zero-order valence-electron chi connectivity index (χ0n) is 13.0. The van der Waals surface area contributed by atoms with Gasteiger partial charge in [0.2, 0.25) is 0 Å². The summed E-state index contributed by atoms with van der Waals surface area (Å²) in [6.45, 7) is 6.28. The van der Waals surface area contributed by atoms with E-state index in [1.807, 2.05) is 0 Å². The van der Waals surface area contributed by atoms with Crippen LogP contribution < -0.4 is 5.32 Å². The summed E-state index contributed by atoms with van der Waals surface area (Å²) in [6, 6.07) is 11.0. The molecule has 1 saturated carbocycles. The van der Waals surface area contributed by atoms with Crippen LogP contribution in [-0.2, 0) is 4.74 Å². The first-order valence-corrected chi connectivity index (χ1v) is 8.25. The Balaban J connectivity index is 1.90. The Morgan fingerprint density at radius 3 is 2.50 bits per heavy atom. The Morgan fingerprint density at radius 1 is 1.20 bits per heavy atom. The molecule has 0 radical (unpaired) electrons. The fourth-order valence-corrected chi connectivity index (χ4v) is 2.96. The molecule has 2 heteroatoms. The minimum atomic E-state index is 0.275. The van der Waals surface area contributed by atoms with Crippen LogP contribution in [0.5, 0.6) is 0 Å². The van der Waals surface area contributed by atoms with Gasteiger partial charge in [-0.15, -0.1) is 0 Å². The molecule has 0 bridgehead atoms. The van der Waals surface area contributed by atoms with Crippen LogP contribution >= 0.6 is 0 Å². The maximum absolute atomic E-state index is 6.20. The summed E-state index contributed by atoms with van der Waals surface area (Å²) >= 11 is 0. The number of benzene rings is 1. The minimum Gasteiger partial charge on any atom is -0.376 e. The average molecular weight is 275 g/mol. The molecule has 0 spiro atoms. The summed E-state index contributed by atoms with van der Waals surface area (Å²) in [5.41, 5.74) is 1.34. The molecular weight excluding hydrogens is 246 g/mol. The van der Waals surface area contributed by atoms with Crippen LogP contribution in [0.4, 0.5) is 0 Å². The summed E-state index contributed by atoms with van der Waals surface area (Å²) in [7, 11) is 0. The second-order valence-corrected chi connectivity index (χ2v) is 5.85. The number of likely N-dealkylation sites (N-methyl/N-ethyl adjacent to an activating group) is 1. The third-order valence-corrected chi connectivity index (χ3v) is 4.44. The lowest BCUT2D eigenvalue weighted by Gasteiger charge is -2.30. The van der Waals surface area contributed by atoms with Gasteiger partial charge in [-0.3, -0.25) is 0 Å². The van der Waals surface area contributed by atoms with Gasteiger partial charge < -0.3 is 10.1 Å². The number of ether oxygens (including phenoxy) is 1. The van der Waals surface area contributed by atoms with E-state index >= 15 is 0 Å². The Hall–Kier alpha value is -0.860. The first-order chi connectivity index (χ1) is 9.85. The van der Waals surface area contributed by atoms with Crippen molar-refractivity contribution in [1.29, 1.82) is 0 Å². The molecule has 2 atom stereocenters. The number of hydrogen-bond acceptors (Lipinski definition) is 2. The third-order valence-electron chi connectivity index (χ3n) is 4.44. The molecule has 2 unspecified atom stereocenters. The van der Waals surface area contributed by atoms with Crippen LogP contribution in [0.1, 0.15) is 57.6 Å². The van der Waals surface area contributed by atoms with Crippen LogP contribution in [0.2, 0.25) is 0 Å². The standard InChI is InChI=1S/C18H29NO/c1-3-17(20-14-13-15-9-8-10-15)18(19-4-2)16-11-6-5-7-12-16/h5-7,11-12,15,17-19H,3-4,8-10,13-14H2,1-2H3. The van der Waals surface area contributed by atoms with E-state index in [0.717, 1.165) is 25.5 Å². The predicted octanol–water partition coefficient (Wildman–Crippen LogP) is 4.32. The van der Waals surface area contributed by atoms with Crippen LogP contribution in [0, 0.1) is 5.92 Å². The van der Waals surface area contributed by atoms with Crippen molar-refractivity contribution in [2.45, 2.75) is 58.1 Å². The highest BCUT2D eigenvalue weighted by Gasteiger charge is 2.23. The molecule has 1 aliphatic carbocycles. The Bertz CT molecular complexity index is 361. The molecule has 0 aliphatic heterocycles. The van der Waals surface area contributed by atoms with Gasteiger partial charge in [0.15, 0.2) is 0 Å². The van der Waals surface area contributed by atoms with E-state index in [0.29, 0.717) is 6.04 Å². The highest BCUT2D eigenvalue weighted by molar-refractivity contribution is 5.20. The summed E-state index contributed by atoms with van der Waals surface area (Å²) in [6.07, 6.45) is 6.82. The quantitative estimate of drug-likeness (QED) is 0.724. The molecule has 0 amide bonds. The van der Waals surface area contributed by atoms with Gasteiger partial charge in [0.1, 0.15) is 0 Å². The van der Waals surface area contributed by atoms with Crippen LogP contribution in [0.25, 0.3) is 0 Å². The molecule has 1 fully saturated rings. The van der Waals surface area contributed by atoms with Crippen LogP contribution in [0.15, 0.2) is 30.3 Å². The molecule has 112 valence electrons. The molecule has 20 heavy (non-hydrogen) atoms. The van der Waals surface area contributed by atoms with Crippen molar-refractivity contribution in [3.8, 4) is 0 Å². The van der Waals surface area contributed by atoms with Crippen LogP contribution in [0.3, 0.4) is 0 Å². The largest absolute Gasteiger partial charge is 0.376 e. The smallest absolute Gasteiger partial charge is 0.0767 e. The summed E-state index contributed by atoms with van der Waals surface area (Å²) in [5, 5.41) is 3.59. The predicted molar refractivity (Wildman–Crippen MR) is 84.8 cm³/mol. The Labute approximate surface area is 123 Å². The summed E-state index contributed by atoms with van der Waals surface area (Å²) < 4.78 is 6.20. The van der Waals surface area contributed by atoms with Gasteiger partial charge in [-0.25, -0.2) is 0 Å². The minimum absolute atomic E-state index is 0.275. The molecule has 0 aromatic heterocycles. The van der Waals surface area contributed by atoms with Gasteiger partial charge in [-0.05, 0) is 30.9 Å². The van der Waals surface area contributed by atoms with E-state index in [1.54, 1.807) is 0 Å². The van der Waals surface area contributed by atoms with Crippen molar-refractivity contribution in [3.63, 3.8) is 0 Å². The molecule has 0 heterocycles. The molecule has 1 aliphatic rings. The van der Waals surface area contributed by atoms with E-state index in [1.165, 1.54) is 31.2 Å². The van der Waals surface area contributed by atoms with Crippen molar-refractivity contribution in [2.24, 2.45) is 5.92 Å². The molecule has 0 saturated heterocycles. The van der Waals surface area contributed by atoms with Gasteiger partial charge in [-0.2, -0.15) is 0 Å². The van der Waals surface area contributed by atoms with E-state index in [9.17, 15) is 0 Å². The van der Waals surface area contributed by atoms with Gasteiger partial charge in [-0.1, -0.05) is 63.4 Å². The first kappa shape index (κ1) is 15.5. The SMILES string of the molecule is CCNC(c1ccccc1)C(CC)OCCC1CCC1. The topological polar surface area (TPSA) is 21.3 Å². The highest BCUT2D eigenvalue weighted by Crippen LogP contribution is 2.30. The average Bonchev–Trinajstić information content (AvgIpc) is 2.45. The normalized spacial score (nSPS) is 18.5. The zero-order valence-corrected chi connectivity index (χ0v) is 13.0. The van der Waals surface area contributed by atoms with Crippen LogP contribution in [-0.4, -0.2) is 19.3 Å². The second-order valence-electron chi connectivity index (χ2n) is 5.85. The lowest BCUT2D eigenvalue weighted by atomic mass is 9.83. The highest BCUT2D eigenvalue weighted by atomic mass is 16.5. The maximum atomic E-state index is 6.20. The molecule has 1 aromatic rings. The molecule has 1 N–H and O–H groups in total. The van der Waals surface area contributed by atoms with Crippen molar-refractivity contribution < 1.29 is 4.74 Å². The van der Waals surface area contributed by atoms with E-state index in [4.69, 9.17) is 4.74 Å². The Morgan fingerprint density at radius 2 is 1.95 bits per heavy atom. The fourth-order valence-electron chi connectivity index (χ4n) is 2.96. The molecule has 2 rings (SSSR count). The van der Waals surface area contributed by atoms with Crippen molar-refractivity contribution in [1.82, 2.24) is 5.32 Å². The lowest BCUT2D eigenvalue weighted by Crippen LogP contribution is -2.34. The number of rotatable bonds is 9. The van der Waals surface area contributed by atoms with Gasteiger partial charge in [0, 0.05) is 6.61 Å². The van der Waals surface area contributed by atoms with E-state index in [-0.39, 0.29) is 6.10 Å².